The Labute approximate surface area is 87.7 Å². The lowest BCUT2D eigenvalue weighted by Crippen LogP contribution is -1.98. The molecule has 0 aliphatic heterocycles. The minimum Gasteiger partial charge on any atom is -0.465 e. The highest BCUT2D eigenvalue weighted by Gasteiger charge is 2.14. The summed E-state index contributed by atoms with van der Waals surface area (Å²) in [6, 6.07) is 1.80. The third kappa shape index (κ3) is 1.45. The molecular weight excluding hydrogens is 228 g/mol. The number of ether oxygens (including phenoxy) is 1. The number of hydrogen-bond donors (Lipinski definition) is 0. The van der Waals surface area contributed by atoms with Gasteiger partial charge >= 0.3 is 5.97 Å². The third-order valence-corrected chi connectivity index (χ3v) is 4.03. The number of esters is 1. The second-order valence-electron chi connectivity index (χ2n) is 2.39. The van der Waals surface area contributed by atoms with E-state index >= 15 is 0 Å². The Bertz CT molecular complexity index is 458. The molecule has 0 aromatic carbocycles. The lowest BCUT2D eigenvalue weighted by atomic mass is 10.2. The number of methoxy groups -OCH3 is 1. The van der Waals surface area contributed by atoms with Crippen LogP contribution in [0.2, 0.25) is 4.34 Å². The van der Waals surface area contributed by atoms with Crippen LogP contribution < -0.4 is 0 Å². The molecule has 0 saturated carbocycles. The van der Waals surface area contributed by atoms with Gasteiger partial charge in [-0.15, -0.1) is 22.7 Å². The number of carbonyl (C=O) groups is 1. The first kappa shape index (κ1) is 8.99. The second kappa shape index (κ2) is 3.29. The van der Waals surface area contributed by atoms with Gasteiger partial charge in [0.15, 0.2) is 0 Å². The van der Waals surface area contributed by atoms with E-state index in [2.05, 4.69) is 4.74 Å². The van der Waals surface area contributed by atoms with Gasteiger partial charge in [-0.25, -0.2) is 4.79 Å². The van der Waals surface area contributed by atoms with E-state index < -0.39 is 0 Å². The Morgan fingerprint density at radius 1 is 1.62 bits per heavy atom. The largest absolute Gasteiger partial charge is 0.465 e. The monoisotopic (exact) mass is 232 g/mol. The molecule has 2 aromatic heterocycles. The van der Waals surface area contributed by atoms with Crippen LogP contribution >= 0.6 is 34.3 Å². The lowest BCUT2D eigenvalue weighted by molar-refractivity contribution is 0.0603. The standard InChI is InChI=1S/C8H5ClO2S2/c1-11-7(10)5-3-12-8-4(5)2-6(9)13-8/h2-3H,1H3. The second-order valence-corrected chi connectivity index (χ2v) is 5.21. The first-order chi connectivity index (χ1) is 6.22. The van der Waals surface area contributed by atoms with Crippen molar-refractivity contribution in [2.24, 2.45) is 0 Å². The molecular formula is C8H5ClO2S2. The predicted molar refractivity (Wildman–Crippen MR) is 56.1 cm³/mol. The van der Waals surface area contributed by atoms with Gasteiger partial charge in [0, 0.05) is 10.8 Å². The first-order valence-corrected chi connectivity index (χ1v) is 5.54. The summed E-state index contributed by atoms with van der Waals surface area (Å²) < 4.78 is 6.40. The summed E-state index contributed by atoms with van der Waals surface area (Å²) in [7, 11) is 1.37. The molecule has 2 nitrogen and oxygen atoms in total. The molecule has 0 radical (unpaired) electrons. The van der Waals surface area contributed by atoms with Crippen LogP contribution in [0.5, 0.6) is 0 Å². The van der Waals surface area contributed by atoms with Gasteiger partial charge in [0.05, 0.1) is 21.0 Å². The minimum atomic E-state index is -0.305. The lowest BCUT2D eigenvalue weighted by Gasteiger charge is -1.93. The van der Waals surface area contributed by atoms with Crippen molar-refractivity contribution in [1.29, 1.82) is 0 Å². The molecule has 0 fully saturated rings. The van der Waals surface area contributed by atoms with Gasteiger partial charge in [-0.05, 0) is 6.07 Å². The maximum atomic E-state index is 11.2. The number of hydrogen-bond acceptors (Lipinski definition) is 4. The molecule has 0 aliphatic rings. The quantitative estimate of drug-likeness (QED) is 0.705. The van der Waals surface area contributed by atoms with Crippen LogP contribution in [0.4, 0.5) is 0 Å². The van der Waals surface area contributed by atoms with Crippen molar-refractivity contribution >= 4 is 49.6 Å². The van der Waals surface area contributed by atoms with Crippen LogP contribution in [0.1, 0.15) is 10.4 Å². The zero-order chi connectivity index (χ0) is 9.42. The molecule has 68 valence electrons. The van der Waals surface area contributed by atoms with Gasteiger partial charge < -0.3 is 4.74 Å². The number of carbonyl (C=O) groups excluding carboxylic acids is 1. The average molecular weight is 233 g/mol. The van der Waals surface area contributed by atoms with Crippen molar-refractivity contribution < 1.29 is 9.53 Å². The van der Waals surface area contributed by atoms with Crippen molar-refractivity contribution in [3.8, 4) is 0 Å². The number of halogens is 1. The van der Waals surface area contributed by atoms with Crippen LogP contribution in [0.3, 0.4) is 0 Å². The molecule has 2 aromatic rings. The summed E-state index contributed by atoms with van der Waals surface area (Å²) in [4.78, 5) is 11.2. The van der Waals surface area contributed by atoms with Crippen LogP contribution in [-0.4, -0.2) is 13.1 Å². The number of thiophene rings is 2. The summed E-state index contributed by atoms with van der Waals surface area (Å²) in [6.07, 6.45) is 0. The first-order valence-electron chi connectivity index (χ1n) is 3.47. The van der Waals surface area contributed by atoms with Gasteiger partial charge in [-0.1, -0.05) is 11.6 Å². The normalized spacial score (nSPS) is 10.6. The highest BCUT2D eigenvalue weighted by Crippen LogP contribution is 2.36. The van der Waals surface area contributed by atoms with Crippen LogP contribution in [-0.2, 0) is 4.74 Å². The van der Waals surface area contributed by atoms with Crippen molar-refractivity contribution in [2.75, 3.05) is 7.11 Å². The summed E-state index contributed by atoms with van der Waals surface area (Å²) in [6.45, 7) is 0. The fourth-order valence-corrected chi connectivity index (χ4v) is 3.53. The molecule has 0 N–H and O–H groups in total. The molecule has 13 heavy (non-hydrogen) atoms. The fourth-order valence-electron chi connectivity index (χ4n) is 1.06. The summed E-state index contributed by atoms with van der Waals surface area (Å²) >= 11 is 8.81. The minimum absolute atomic E-state index is 0.305. The zero-order valence-corrected chi connectivity index (χ0v) is 9.05. The van der Waals surface area contributed by atoms with E-state index in [1.165, 1.54) is 29.8 Å². The van der Waals surface area contributed by atoms with Gasteiger partial charge in [0.2, 0.25) is 0 Å². The Hall–Kier alpha value is -0.580. The van der Waals surface area contributed by atoms with E-state index in [1.807, 2.05) is 0 Å². The highest BCUT2D eigenvalue weighted by atomic mass is 35.5. The van der Waals surface area contributed by atoms with Gasteiger partial charge in [0.1, 0.15) is 0 Å². The van der Waals surface area contributed by atoms with Crippen LogP contribution in [0.25, 0.3) is 9.40 Å². The van der Waals surface area contributed by atoms with Crippen molar-refractivity contribution in [3.63, 3.8) is 0 Å². The molecule has 0 unspecified atom stereocenters. The molecule has 0 atom stereocenters. The summed E-state index contributed by atoms with van der Waals surface area (Å²) in [5, 5.41) is 2.69. The maximum Gasteiger partial charge on any atom is 0.339 e. The molecule has 0 amide bonds. The maximum absolute atomic E-state index is 11.2. The Morgan fingerprint density at radius 3 is 3.08 bits per heavy atom. The summed E-state index contributed by atoms with van der Waals surface area (Å²) in [5.41, 5.74) is 0.602. The topological polar surface area (TPSA) is 26.3 Å². The SMILES string of the molecule is COC(=O)c1csc2sc(Cl)cc12. The molecule has 0 spiro atoms. The van der Waals surface area contributed by atoms with E-state index in [9.17, 15) is 4.79 Å². The van der Waals surface area contributed by atoms with Gasteiger partial charge in [-0.2, -0.15) is 0 Å². The molecule has 0 aliphatic carbocycles. The van der Waals surface area contributed by atoms with E-state index in [0.29, 0.717) is 9.90 Å². The van der Waals surface area contributed by atoms with E-state index in [4.69, 9.17) is 11.6 Å². The van der Waals surface area contributed by atoms with Gasteiger partial charge in [0.25, 0.3) is 0 Å². The highest BCUT2D eigenvalue weighted by molar-refractivity contribution is 7.39. The Morgan fingerprint density at radius 2 is 2.38 bits per heavy atom. The van der Waals surface area contributed by atoms with Crippen molar-refractivity contribution in [2.45, 2.75) is 0 Å². The molecule has 2 rings (SSSR count). The smallest absolute Gasteiger partial charge is 0.339 e. The number of fused-ring (bicyclic) bond motifs is 1. The van der Waals surface area contributed by atoms with E-state index in [1.54, 1.807) is 11.4 Å². The van der Waals surface area contributed by atoms with Crippen molar-refractivity contribution in [3.05, 3.63) is 21.3 Å². The van der Waals surface area contributed by atoms with Gasteiger partial charge in [-0.3, -0.25) is 0 Å². The molecule has 5 heteroatoms. The third-order valence-electron chi connectivity index (χ3n) is 1.65. The van der Waals surface area contributed by atoms with Crippen LogP contribution in [0.15, 0.2) is 11.4 Å². The predicted octanol–water partition coefficient (Wildman–Crippen LogP) is 3.40. The van der Waals surface area contributed by atoms with Crippen LogP contribution in [0, 0.1) is 0 Å². The Kier molecular flexibility index (Phi) is 2.27. The average Bonchev–Trinajstić information content (AvgIpc) is 2.61. The molecule has 0 saturated heterocycles. The zero-order valence-electron chi connectivity index (χ0n) is 6.67. The fraction of sp³-hybridized carbons (Fsp3) is 0.125. The van der Waals surface area contributed by atoms with E-state index in [-0.39, 0.29) is 5.97 Å². The van der Waals surface area contributed by atoms with E-state index in [0.717, 1.165) is 9.40 Å². The summed E-state index contributed by atoms with van der Waals surface area (Å²) in [5.74, 6) is -0.305. The molecule has 0 bridgehead atoms. The molecule has 2 heterocycles. The number of rotatable bonds is 1. The van der Waals surface area contributed by atoms with Crippen molar-refractivity contribution in [1.82, 2.24) is 0 Å². The Balaban J connectivity index is 2.62.